The van der Waals surface area contributed by atoms with E-state index in [-0.39, 0.29) is 5.60 Å². The number of nitrogens with zero attached hydrogens (tertiary/aromatic N) is 1. The van der Waals surface area contributed by atoms with Gasteiger partial charge in [-0.1, -0.05) is 32.1 Å². The van der Waals surface area contributed by atoms with E-state index in [9.17, 15) is 0 Å². The lowest BCUT2D eigenvalue weighted by molar-refractivity contribution is -0.0598. The molecular weight excluding hydrogens is 282 g/mol. The van der Waals surface area contributed by atoms with Crippen LogP contribution in [0.2, 0.25) is 0 Å². The third-order valence-corrected chi connectivity index (χ3v) is 7.30. The Morgan fingerprint density at radius 1 is 0.913 bits per heavy atom. The van der Waals surface area contributed by atoms with E-state index < -0.39 is 0 Å². The molecule has 2 heteroatoms. The topological polar surface area (TPSA) is 12.5 Å². The van der Waals surface area contributed by atoms with Crippen molar-refractivity contribution < 1.29 is 4.74 Å². The molecule has 0 spiro atoms. The Kier molecular flexibility index (Phi) is 5.02. The first-order valence-electron chi connectivity index (χ1n) is 10.6. The van der Waals surface area contributed by atoms with Gasteiger partial charge in [-0.15, -0.1) is 0 Å². The summed E-state index contributed by atoms with van der Waals surface area (Å²) in [4.78, 5) is 2.65. The van der Waals surface area contributed by atoms with Gasteiger partial charge >= 0.3 is 0 Å². The fraction of sp³-hybridized carbons (Fsp3) is 1.00. The Labute approximate surface area is 143 Å². The molecule has 4 aliphatic rings. The molecule has 4 unspecified atom stereocenters. The molecule has 0 aromatic heterocycles. The van der Waals surface area contributed by atoms with Crippen molar-refractivity contribution in [1.29, 1.82) is 0 Å². The van der Waals surface area contributed by atoms with Crippen molar-refractivity contribution in [1.82, 2.24) is 4.90 Å². The largest absolute Gasteiger partial charge is 0.370 e. The summed E-state index contributed by atoms with van der Waals surface area (Å²) in [6.07, 6.45) is 18.0. The van der Waals surface area contributed by atoms with Crippen LogP contribution in [0.3, 0.4) is 0 Å². The van der Waals surface area contributed by atoms with Crippen LogP contribution in [-0.4, -0.2) is 36.2 Å². The van der Waals surface area contributed by atoms with Crippen LogP contribution in [0.5, 0.6) is 0 Å². The van der Waals surface area contributed by atoms with Crippen LogP contribution in [0, 0.1) is 17.8 Å². The summed E-state index contributed by atoms with van der Waals surface area (Å²) in [6, 6.07) is 0. The van der Waals surface area contributed by atoms with Crippen LogP contribution in [0.15, 0.2) is 0 Å². The SMILES string of the molecule is CC1(CN2CCCC2)CC2CC(CC3CCCCC3)CCC2O1. The Balaban J connectivity index is 1.29. The average molecular weight is 320 g/mol. The molecule has 132 valence electrons. The predicted molar refractivity (Wildman–Crippen MR) is 95.6 cm³/mol. The minimum atomic E-state index is 0.152. The number of hydrogen-bond donors (Lipinski definition) is 0. The Morgan fingerprint density at radius 3 is 2.48 bits per heavy atom. The van der Waals surface area contributed by atoms with E-state index in [0.717, 1.165) is 17.8 Å². The Morgan fingerprint density at radius 2 is 1.70 bits per heavy atom. The highest BCUT2D eigenvalue weighted by Crippen LogP contribution is 2.47. The van der Waals surface area contributed by atoms with Gasteiger partial charge in [-0.25, -0.2) is 0 Å². The van der Waals surface area contributed by atoms with Crippen LogP contribution in [-0.2, 0) is 4.74 Å². The molecule has 2 nitrogen and oxygen atoms in total. The fourth-order valence-corrected chi connectivity index (χ4v) is 6.30. The second kappa shape index (κ2) is 7.04. The van der Waals surface area contributed by atoms with Gasteiger partial charge < -0.3 is 9.64 Å². The monoisotopic (exact) mass is 319 g/mol. The number of ether oxygens (including phenoxy) is 1. The van der Waals surface area contributed by atoms with Crippen molar-refractivity contribution in [2.75, 3.05) is 19.6 Å². The Bertz CT molecular complexity index is 385. The zero-order valence-corrected chi connectivity index (χ0v) is 15.3. The van der Waals surface area contributed by atoms with Gasteiger partial charge in [0.05, 0.1) is 11.7 Å². The maximum atomic E-state index is 6.61. The highest BCUT2D eigenvalue weighted by Gasteiger charge is 2.46. The highest BCUT2D eigenvalue weighted by atomic mass is 16.5. The highest BCUT2D eigenvalue weighted by molar-refractivity contribution is 4.97. The van der Waals surface area contributed by atoms with E-state index in [1.165, 1.54) is 96.7 Å². The summed E-state index contributed by atoms with van der Waals surface area (Å²) in [6.45, 7) is 6.20. The maximum absolute atomic E-state index is 6.61. The third-order valence-electron chi connectivity index (χ3n) is 7.30. The first kappa shape index (κ1) is 16.4. The maximum Gasteiger partial charge on any atom is 0.0788 e. The molecule has 4 rings (SSSR count). The summed E-state index contributed by atoms with van der Waals surface area (Å²) in [7, 11) is 0. The van der Waals surface area contributed by atoms with E-state index >= 15 is 0 Å². The van der Waals surface area contributed by atoms with Crippen LogP contribution >= 0.6 is 0 Å². The third kappa shape index (κ3) is 3.95. The van der Waals surface area contributed by atoms with Crippen molar-refractivity contribution in [3.05, 3.63) is 0 Å². The molecule has 4 fully saturated rings. The lowest BCUT2D eigenvalue weighted by atomic mass is 9.72. The van der Waals surface area contributed by atoms with E-state index in [0.29, 0.717) is 6.10 Å². The molecule has 0 radical (unpaired) electrons. The lowest BCUT2D eigenvalue weighted by Gasteiger charge is -2.34. The van der Waals surface area contributed by atoms with Gasteiger partial charge in [0.25, 0.3) is 0 Å². The molecule has 0 amide bonds. The number of hydrogen-bond acceptors (Lipinski definition) is 2. The summed E-state index contributed by atoms with van der Waals surface area (Å²) in [5.41, 5.74) is 0.152. The molecule has 2 saturated carbocycles. The molecule has 2 aliphatic carbocycles. The first-order chi connectivity index (χ1) is 11.2. The van der Waals surface area contributed by atoms with Crippen molar-refractivity contribution in [3.63, 3.8) is 0 Å². The normalized spacial score (nSPS) is 42.9. The van der Waals surface area contributed by atoms with Crippen LogP contribution < -0.4 is 0 Å². The van der Waals surface area contributed by atoms with Crippen LogP contribution in [0.25, 0.3) is 0 Å². The fourth-order valence-electron chi connectivity index (χ4n) is 6.30. The molecule has 2 aliphatic heterocycles. The average Bonchev–Trinajstić information content (AvgIpc) is 3.14. The molecule has 0 N–H and O–H groups in total. The van der Waals surface area contributed by atoms with Crippen molar-refractivity contribution in [3.8, 4) is 0 Å². The van der Waals surface area contributed by atoms with Crippen molar-refractivity contribution in [2.45, 2.75) is 95.7 Å². The molecule has 23 heavy (non-hydrogen) atoms. The number of fused-ring (bicyclic) bond motifs is 1. The Hall–Kier alpha value is -0.0800. The predicted octanol–water partition coefficient (Wildman–Crippen LogP) is 5.02. The van der Waals surface area contributed by atoms with Crippen molar-refractivity contribution in [2.24, 2.45) is 17.8 Å². The quantitative estimate of drug-likeness (QED) is 0.721. The van der Waals surface area contributed by atoms with Gasteiger partial charge in [-0.3, -0.25) is 0 Å². The summed E-state index contributed by atoms with van der Waals surface area (Å²) >= 11 is 0. The smallest absolute Gasteiger partial charge is 0.0788 e. The molecule has 2 saturated heterocycles. The second-order valence-corrected chi connectivity index (χ2v) is 9.47. The van der Waals surface area contributed by atoms with Crippen LogP contribution in [0.1, 0.15) is 84.0 Å². The van der Waals surface area contributed by atoms with Gasteiger partial charge in [-0.05, 0) is 82.7 Å². The molecule has 0 aromatic carbocycles. The number of likely N-dealkylation sites (tertiary alicyclic amines) is 1. The standard InChI is InChI=1S/C21H37NO/c1-21(16-22-11-5-6-12-22)15-19-14-18(9-10-20(19)23-21)13-17-7-3-2-4-8-17/h17-20H,2-16H2,1H3. The zero-order valence-electron chi connectivity index (χ0n) is 15.3. The van der Waals surface area contributed by atoms with Gasteiger partial charge in [0.15, 0.2) is 0 Å². The van der Waals surface area contributed by atoms with Gasteiger partial charge in [0, 0.05) is 6.54 Å². The zero-order chi connectivity index (χ0) is 15.7. The second-order valence-electron chi connectivity index (χ2n) is 9.47. The molecule has 2 heterocycles. The minimum absolute atomic E-state index is 0.152. The van der Waals surface area contributed by atoms with Gasteiger partial charge in [-0.2, -0.15) is 0 Å². The van der Waals surface area contributed by atoms with Gasteiger partial charge in [0.1, 0.15) is 0 Å². The van der Waals surface area contributed by atoms with Gasteiger partial charge in [0.2, 0.25) is 0 Å². The number of rotatable bonds is 4. The molecular formula is C21H37NO. The van der Waals surface area contributed by atoms with E-state index in [1.54, 1.807) is 0 Å². The molecule has 4 atom stereocenters. The molecule has 0 aromatic rings. The van der Waals surface area contributed by atoms with E-state index in [4.69, 9.17) is 4.74 Å². The summed E-state index contributed by atoms with van der Waals surface area (Å²) < 4.78 is 6.61. The van der Waals surface area contributed by atoms with Crippen molar-refractivity contribution >= 4 is 0 Å². The van der Waals surface area contributed by atoms with E-state index in [2.05, 4.69) is 11.8 Å². The summed E-state index contributed by atoms with van der Waals surface area (Å²) in [5, 5.41) is 0. The lowest BCUT2D eigenvalue weighted by Crippen LogP contribution is -2.39. The van der Waals surface area contributed by atoms with E-state index in [1.807, 2.05) is 0 Å². The van der Waals surface area contributed by atoms with Crippen LogP contribution in [0.4, 0.5) is 0 Å². The molecule has 0 bridgehead atoms. The summed E-state index contributed by atoms with van der Waals surface area (Å²) in [5.74, 6) is 2.94. The minimum Gasteiger partial charge on any atom is -0.370 e. The first-order valence-corrected chi connectivity index (χ1v) is 10.6.